The zero-order valence-corrected chi connectivity index (χ0v) is 14.5. The highest BCUT2D eigenvalue weighted by Crippen LogP contribution is 2.37. The molecule has 134 valence electrons. The topological polar surface area (TPSA) is 21.3 Å². The van der Waals surface area contributed by atoms with Crippen LogP contribution in [0.2, 0.25) is 0 Å². The van der Waals surface area contributed by atoms with Crippen molar-refractivity contribution in [1.29, 1.82) is 0 Å². The molecule has 0 aliphatic heterocycles. The lowest BCUT2D eigenvalue weighted by Crippen LogP contribution is -2.01. The molecule has 6 heteroatoms. The van der Waals surface area contributed by atoms with Gasteiger partial charge in [-0.25, -0.2) is 0 Å². The van der Waals surface area contributed by atoms with Crippen molar-refractivity contribution >= 4 is 17.4 Å². The second kappa shape index (κ2) is 8.19. The van der Waals surface area contributed by atoms with Crippen LogP contribution in [-0.4, -0.2) is 5.51 Å². The summed E-state index contributed by atoms with van der Waals surface area (Å²) in [4.78, 5) is 0.179. The summed E-state index contributed by atoms with van der Waals surface area (Å²) in [5.41, 5.74) is -2.68. The minimum atomic E-state index is -4.28. The summed E-state index contributed by atoms with van der Waals surface area (Å²) < 4.78 is 43.2. The Balaban J connectivity index is 1.63. The van der Waals surface area contributed by atoms with Crippen molar-refractivity contribution < 1.29 is 17.9 Å². The molecule has 0 aliphatic carbocycles. The maximum Gasteiger partial charge on any atom is 0.446 e. The van der Waals surface area contributed by atoms with Crippen LogP contribution in [0.3, 0.4) is 0 Å². The van der Waals surface area contributed by atoms with Crippen molar-refractivity contribution in [2.45, 2.75) is 16.9 Å². The van der Waals surface area contributed by atoms with E-state index in [1.165, 1.54) is 12.1 Å². The first-order valence-electron chi connectivity index (χ1n) is 7.89. The van der Waals surface area contributed by atoms with Crippen LogP contribution in [0, 0.1) is 0 Å². The molecular weight excluding hydrogens is 359 g/mol. The van der Waals surface area contributed by atoms with Gasteiger partial charge in [-0.2, -0.15) is 13.2 Å². The standard InChI is InChI=1S/C20H16F3NOS/c21-20(22,23)26-19-11-4-6-15(12-19)14-24-16-7-5-10-18(13-16)25-17-8-2-1-3-9-17/h1-13,24H,14H2. The number of halogens is 3. The molecule has 0 bridgehead atoms. The maximum atomic E-state index is 12.5. The number of benzene rings is 3. The van der Waals surface area contributed by atoms with Gasteiger partial charge in [0.15, 0.2) is 0 Å². The summed E-state index contributed by atoms with van der Waals surface area (Å²) in [6.45, 7) is 0.418. The fourth-order valence-electron chi connectivity index (χ4n) is 2.35. The quantitative estimate of drug-likeness (QED) is 0.484. The molecule has 0 radical (unpaired) electrons. The number of hydrogen-bond acceptors (Lipinski definition) is 3. The van der Waals surface area contributed by atoms with Crippen LogP contribution in [0.5, 0.6) is 11.5 Å². The predicted molar refractivity (Wildman–Crippen MR) is 98.6 cm³/mol. The molecule has 3 aromatic carbocycles. The van der Waals surface area contributed by atoms with E-state index >= 15 is 0 Å². The lowest BCUT2D eigenvalue weighted by molar-refractivity contribution is -0.0328. The number of rotatable bonds is 6. The van der Waals surface area contributed by atoms with E-state index in [9.17, 15) is 13.2 Å². The first kappa shape index (κ1) is 18.2. The maximum absolute atomic E-state index is 12.5. The molecule has 0 saturated heterocycles. The van der Waals surface area contributed by atoms with Crippen LogP contribution in [0.25, 0.3) is 0 Å². The number of para-hydroxylation sites is 1. The lowest BCUT2D eigenvalue weighted by atomic mass is 10.2. The normalized spacial score (nSPS) is 11.2. The number of ether oxygens (including phenoxy) is 1. The third-order valence-corrected chi connectivity index (χ3v) is 4.16. The zero-order chi connectivity index (χ0) is 18.4. The zero-order valence-electron chi connectivity index (χ0n) is 13.7. The molecule has 0 fully saturated rings. The van der Waals surface area contributed by atoms with E-state index in [4.69, 9.17) is 4.74 Å². The van der Waals surface area contributed by atoms with Gasteiger partial charge in [0.05, 0.1) is 0 Å². The van der Waals surface area contributed by atoms with Gasteiger partial charge < -0.3 is 10.1 Å². The Labute approximate surface area is 154 Å². The van der Waals surface area contributed by atoms with Crippen LogP contribution in [0.15, 0.2) is 83.8 Å². The Morgan fingerprint density at radius 2 is 1.54 bits per heavy atom. The Hall–Kier alpha value is -2.60. The van der Waals surface area contributed by atoms with Gasteiger partial charge >= 0.3 is 5.51 Å². The summed E-state index contributed by atoms with van der Waals surface area (Å²) >= 11 is -0.108. The van der Waals surface area contributed by atoms with Gasteiger partial charge in [0, 0.05) is 23.2 Å². The molecule has 0 aliphatic rings. The summed E-state index contributed by atoms with van der Waals surface area (Å²) in [7, 11) is 0. The second-order valence-corrected chi connectivity index (χ2v) is 6.63. The highest BCUT2D eigenvalue weighted by atomic mass is 32.2. The summed E-state index contributed by atoms with van der Waals surface area (Å²) in [5.74, 6) is 1.42. The molecule has 0 amide bonds. The van der Waals surface area contributed by atoms with Gasteiger partial charge in [-0.15, -0.1) is 0 Å². The molecule has 0 saturated carbocycles. The molecule has 26 heavy (non-hydrogen) atoms. The van der Waals surface area contributed by atoms with Gasteiger partial charge in [0.2, 0.25) is 0 Å². The van der Waals surface area contributed by atoms with Crippen molar-refractivity contribution in [3.8, 4) is 11.5 Å². The molecule has 0 spiro atoms. The Morgan fingerprint density at radius 1 is 0.808 bits per heavy atom. The molecule has 3 rings (SSSR count). The van der Waals surface area contributed by atoms with Crippen molar-refractivity contribution in [3.63, 3.8) is 0 Å². The highest BCUT2D eigenvalue weighted by Gasteiger charge is 2.29. The van der Waals surface area contributed by atoms with Gasteiger partial charge in [-0.1, -0.05) is 36.4 Å². The number of alkyl halides is 3. The molecule has 3 aromatic rings. The van der Waals surface area contributed by atoms with Crippen molar-refractivity contribution in [1.82, 2.24) is 0 Å². The molecule has 0 unspecified atom stereocenters. The second-order valence-electron chi connectivity index (χ2n) is 5.49. The molecule has 0 heterocycles. The minimum Gasteiger partial charge on any atom is -0.457 e. The molecule has 1 N–H and O–H groups in total. The lowest BCUT2D eigenvalue weighted by Gasteiger charge is -2.11. The molecule has 0 aromatic heterocycles. The van der Waals surface area contributed by atoms with Gasteiger partial charge in [-0.3, -0.25) is 0 Å². The Bertz CT molecular complexity index is 853. The number of hydrogen-bond donors (Lipinski definition) is 1. The van der Waals surface area contributed by atoms with Crippen molar-refractivity contribution in [2.24, 2.45) is 0 Å². The monoisotopic (exact) mass is 375 g/mol. The Kier molecular flexibility index (Phi) is 5.73. The predicted octanol–water partition coefficient (Wildman–Crippen LogP) is 6.70. The SMILES string of the molecule is FC(F)(F)Sc1cccc(CNc2cccc(Oc3ccccc3)c2)c1. The van der Waals surface area contributed by atoms with E-state index in [1.54, 1.807) is 12.1 Å². The molecule has 0 atom stereocenters. The summed E-state index contributed by atoms with van der Waals surface area (Å²) in [5, 5.41) is 3.21. The van der Waals surface area contributed by atoms with E-state index in [0.717, 1.165) is 17.0 Å². The third-order valence-electron chi connectivity index (χ3n) is 3.44. The smallest absolute Gasteiger partial charge is 0.446 e. The molecular formula is C20H16F3NOS. The summed E-state index contributed by atoms with van der Waals surface area (Å²) in [6, 6.07) is 23.3. The number of thioether (sulfide) groups is 1. The van der Waals surface area contributed by atoms with Crippen LogP contribution in [-0.2, 0) is 6.54 Å². The van der Waals surface area contributed by atoms with E-state index < -0.39 is 5.51 Å². The van der Waals surface area contributed by atoms with E-state index in [2.05, 4.69) is 5.32 Å². The van der Waals surface area contributed by atoms with Crippen LogP contribution in [0.1, 0.15) is 5.56 Å². The molecule has 2 nitrogen and oxygen atoms in total. The fraction of sp³-hybridized carbons (Fsp3) is 0.100. The van der Waals surface area contributed by atoms with Gasteiger partial charge in [0.25, 0.3) is 0 Å². The van der Waals surface area contributed by atoms with Gasteiger partial charge in [0.1, 0.15) is 11.5 Å². The van der Waals surface area contributed by atoms with Crippen molar-refractivity contribution in [3.05, 3.63) is 84.4 Å². The van der Waals surface area contributed by atoms with Crippen LogP contribution >= 0.6 is 11.8 Å². The average Bonchev–Trinajstić information content (AvgIpc) is 2.60. The third kappa shape index (κ3) is 5.74. The number of anilines is 1. The highest BCUT2D eigenvalue weighted by molar-refractivity contribution is 8.00. The Morgan fingerprint density at radius 3 is 2.31 bits per heavy atom. The number of nitrogens with one attached hydrogen (secondary N) is 1. The van der Waals surface area contributed by atoms with E-state index in [-0.39, 0.29) is 16.7 Å². The fourth-order valence-corrected chi connectivity index (χ4v) is 2.98. The largest absolute Gasteiger partial charge is 0.457 e. The van der Waals surface area contributed by atoms with Crippen molar-refractivity contribution in [2.75, 3.05) is 5.32 Å². The van der Waals surface area contributed by atoms with Crippen LogP contribution < -0.4 is 10.1 Å². The van der Waals surface area contributed by atoms with Crippen LogP contribution in [0.4, 0.5) is 18.9 Å². The average molecular weight is 375 g/mol. The minimum absolute atomic E-state index is 0.108. The van der Waals surface area contributed by atoms with E-state index in [0.29, 0.717) is 12.3 Å². The first-order chi connectivity index (χ1) is 12.5. The summed E-state index contributed by atoms with van der Waals surface area (Å²) in [6.07, 6.45) is 0. The van der Waals surface area contributed by atoms with Gasteiger partial charge in [-0.05, 0) is 53.7 Å². The van der Waals surface area contributed by atoms with E-state index in [1.807, 2.05) is 54.6 Å². The first-order valence-corrected chi connectivity index (χ1v) is 8.71.